The molecule has 1 aliphatic carbocycles. The summed E-state index contributed by atoms with van der Waals surface area (Å²) in [5.41, 5.74) is -0.834. The zero-order valence-electron chi connectivity index (χ0n) is 14.1. The van der Waals surface area contributed by atoms with Gasteiger partial charge in [0.15, 0.2) is 0 Å². The number of imide groups is 1. The Morgan fingerprint density at radius 3 is 2.61 bits per heavy atom. The number of amides is 3. The third-order valence-corrected chi connectivity index (χ3v) is 4.81. The Morgan fingerprint density at radius 2 is 2.04 bits per heavy atom. The SMILES string of the molecule is C[C@@H]1CC(C)(C)C[C@]2(C1)NC(=O)N(C[C@H](C#N)CCC#N)C2=O. The average molecular weight is 316 g/mol. The molecule has 1 aliphatic heterocycles. The fraction of sp³-hybridized carbons (Fsp3) is 0.765. The lowest BCUT2D eigenvalue weighted by Gasteiger charge is -2.43. The van der Waals surface area contributed by atoms with Gasteiger partial charge in [0.2, 0.25) is 0 Å². The monoisotopic (exact) mass is 316 g/mol. The number of hydrogen-bond acceptors (Lipinski definition) is 4. The van der Waals surface area contributed by atoms with Crippen LogP contribution < -0.4 is 5.32 Å². The van der Waals surface area contributed by atoms with Crippen LogP contribution in [0, 0.1) is 39.9 Å². The minimum atomic E-state index is -0.826. The van der Waals surface area contributed by atoms with E-state index in [1.54, 1.807) is 0 Å². The van der Waals surface area contributed by atoms with E-state index in [0.29, 0.717) is 25.2 Å². The molecule has 0 bridgehead atoms. The molecule has 2 fully saturated rings. The van der Waals surface area contributed by atoms with Crippen LogP contribution in [0.15, 0.2) is 0 Å². The minimum absolute atomic E-state index is 0.00788. The van der Waals surface area contributed by atoms with Crippen LogP contribution in [0.5, 0.6) is 0 Å². The maximum Gasteiger partial charge on any atom is 0.325 e. The van der Waals surface area contributed by atoms with Crippen LogP contribution >= 0.6 is 0 Å². The van der Waals surface area contributed by atoms with Crippen LogP contribution in [0.1, 0.15) is 52.9 Å². The first kappa shape index (κ1) is 17.3. The van der Waals surface area contributed by atoms with Crippen molar-refractivity contribution in [1.82, 2.24) is 10.2 Å². The molecule has 1 heterocycles. The van der Waals surface area contributed by atoms with E-state index in [1.165, 1.54) is 4.90 Å². The third kappa shape index (κ3) is 3.47. The summed E-state index contributed by atoms with van der Waals surface area (Å²) in [6.07, 6.45) is 2.92. The van der Waals surface area contributed by atoms with Gasteiger partial charge >= 0.3 is 6.03 Å². The van der Waals surface area contributed by atoms with Crippen molar-refractivity contribution in [1.29, 1.82) is 10.5 Å². The number of rotatable bonds is 4. The van der Waals surface area contributed by atoms with Crippen molar-refractivity contribution in [2.75, 3.05) is 6.54 Å². The molecule has 1 saturated heterocycles. The van der Waals surface area contributed by atoms with E-state index in [2.05, 4.69) is 32.2 Å². The maximum atomic E-state index is 12.9. The van der Waals surface area contributed by atoms with Gasteiger partial charge in [0.25, 0.3) is 5.91 Å². The fourth-order valence-corrected chi connectivity index (χ4v) is 4.33. The first-order chi connectivity index (χ1) is 10.7. The zero-order chi connectivity index (χ0) is 17.3. The lowest BCUT2D eigenvalue weighted by Crippen LogP contribution is -2.54. The molecule has 3 amide bonds. The van der Waals surface area contributed by atoms with Crippen molar-refractivity contribution in [3.63, 3.8) is 0 Å². The van der Waals surface area contributed by atoms with Gasteiger partial charge in [0.1, 0.15) is 5.54 Å². The predicted octanol–water partition coefficient (Wildman–Crippen LogP) is 2.57. The summed E-state index contributed by atoms with van der Waals surface area (Å²) in [6.45, 7) is 6.42. The van der Waals surface area contributed by atoms with Gasteiger partial charge in [-0.3, -0.25) is 9.69 Å². The lowest BCUT2D eigenvalue weighted by molar-refractivity contribution is -0.135. The van der Waals surface area contributed by atoms with Crippen LogP contribution in [0.2, 0.25) is 0 Å². The molecule has 0 aromatic heterocycles. The highest BCUT2D eigenvalue weighted by Gasteiger charge is 2.56. The second kappa shape index (κ2) is 6.20. The van der Waals surface area contributed by atoms with E-state index in [-0.39, 0.29) is 24.3 Å². The van der Waals surface area contributed by atoms with Crippen molar-refractivity contribution in [2.24, 2.45) is 17.3 Å². The average Bonchev–Trinajstić information content (AvgIpc) is 2.64. The summed E-state index contributed by atoms with van der Waals surface area (Å²) in [7, 11) is 0. The van der Waals surface area contributed by atoms with Crippen LogP contribution in [-0.4, -0.2) is 28.9 Å². The fourth-order valence-electron chi connectivity index (χ4n) is 4.33. The number of urea groups is 1. The number of nitriles is 2. The Balaban J connectivity index is 2.17. The van der Waals surface area contributed by atoms with Gasteiger partial charge in [-0.15, -0.1) is 0 Å². The van der Waals surface area contributed by atoms with Crippen molar-refractivity contribution in [2.45, 2.75) is 58.4 Å². The van der Waals surface area contributed by atoms with Crippen LogP contribution in [0.4, 0.5) is 4.79 Å². The molecule has 23 heavy (non-hydrogen) atoms. The molecule has 124 valence electrons. The Bertz CT molecular complexity index is 586. The molecule has 2 aliphatic rings. The van der Waals surface area contributed by atoms with E-state index in [1.807, 2.05) is 6.07 Å². The Labute approximate surface area is 137 Å². The van der Waals surface area contributed by atoms with Crippen molar-refractivity contribution in [3.05, 3.63) is 0 Å². The molecule has 0 unspecified atom stereocenters. The molecule has 0 radical (unpaired) electrons. The molecular weight excluding hydrogens is 292 g/mol. The molecule has 1 N–H and O–H groups in total. The van der Waals surface area contributed by atoms with E-state index in [4.69, 9.17) is 5.26 Å². The summed E-state index contributed by atoms with van der Waals surface area (Å²) in [5.74, 6) is -0.346. The van der Waals surface area contributed by atoms with Gasteiger partial charge in [-0.2, -0.15) is 10.5 Å². The second-order valence-corrected chi connectivity index (χ2v) is 7.81. The summed E-state index contributed by atoms with van der Waals surface area (Å²) in [5, 5.41) is 20.7. The summed E-state index contributed by atoms with van der Waals surface area (Å²) in [4.78, 5) is 26.4. The molecule has 2 rings (SSSR count). The van der Waals surface area contributed by atoms with E-state index in [0.717, 1.165) is 6.42 Å². The van der Waals surface area contributed by atoms with Crippen LogP contribution in [0.3, 0.4) is 0 Å². The first-order valence-electron chi connectivity index (χ1n) is 8.14. The van der Waals surface area contributed by atoms with E-state index < -0.39 is 17.5 Å². The highest BCUT2D eigenvalue weighted by atomic mass is 16.2. The lowest BCUT2D eigenvalue weighted by atomic mass is 9.64. The quantitative estimate of drug-likeness (QED) is 0.806. The van der Waals surface area contributed by atoms with E-state index >= 15 is 0 Å². The molecule has 6 nitrogen and oxygen atoms in total. The number of carbonyl (C=O) groups excluding carboxylic acids is 2. The third-order valence-electron chi connectivity index (χ3n) is 4.81. The Hall–Kier alpha value is -2.08. The molecule has 0 aromatic carbocycles. The summed E-state index contributed by atoms with van der Waals surface area (Å²) < 4.78 is 0. The minimum Gasteiger partial charge on any atom is -0.323 e. The smallest absolute Gasteiger partial charge is 0.323 e. The molecule has 0 aromatic rings. The van der Waals surface area contributed by atoms with Crippen LogP contribution in [0.25, 0.3) is 0 Å². The topological polar surface area (TPSA) is 97.0 Å². The van der Waals surface area contributed by atoms with Gasteiger partial charge in [-0.05, 0) is 37.0 Å². The van der Waals surface area contributed by atoms with Gasteiger partial charge in [-0.25, -0.2) is 4.79 Å². The maximum absolute atomic E-state index is 12.9. The molecule has 1 saturated carbocycles. The zero-order valence-corrected chi connectivity index (χ0v) is 14.1. The number of hydrogen-bond donors (Lipinski definition) is 1. The number of nitrogens with zero attached hydrogens (tertiary/aromatic N) is 3. The standard InChI is InChI=1S/C17H24N4O2/c1-12-7-16(2,3)11-17(8-12)14(22)21(15(23)20-17)10-13(9-19)5-4-6-18/h12-13H,4-5,7-8,10-11H2,1-3H3,(H,20,23)/t12-,13+,17+/m1/s1. The second-order valence-electron chi connectivity index (χ2n) is 7.81. The molecule has 1 spiro atoms. The van der Waals surface area contributed by atoms with Gasteiger partial charge in [0, 0.05) is 13.0 Å². The van der Waals surface area contributed by atoms with Gasteiger partial charge in [-0.1, -0.05) is 20.8 Å². The Morgan fingerprint density at radius 1 is 1.35 bits per heavy atom. The van der Waals surface area contributed by atoms with Crippen molar-refractivity contribution in [3.8, 4) is 12.1 Å². The van der Waals surface area contributed by atoms with Crippen LogP contribution in [-0.2, 0) is 4.79 Å². The number of nitrogens with one attached hydrogen (secondary N) is 1. The first-order valence-corrected chi connectivity index (χ1v) is 8.14. The normalized spacial score (nSPS) is 30.7. The summed E-state index contributed by atoms with van der Waals surface area (Å²) in [6, 6.07) is 3.69. The largest absolute Gasteiger partial charge is 0.325 e. The molecule has 3 atom stereocenters. The Kier molecular flexibility index (Phi) is 4.66. The van der Waals surface area contributed by atoms with Gasteiger partial charge in [0.05, 0.1) is 18.1 Å². The predicted molar refractivity (Wildman–Crippen MR) is 83.7 cm³/mol. The molecular formula is C17H24N4O2. The van der Waals surface area contributed by atoms with Crippen molar-refractivity contribution < 1.29 is 9.59 Å². The number of carbonyl (C=O) groups is 2. The van der Waals surface area contributed by atoms with Crippen molar-refractivity contribution >= 4 is 11.9 Å². The summed E-state index contributed by atoms with van der Waals surface area (Å²) >= 11 is 0. The highest BCUT2D eigenvalue weighted by Crippen LogP contribution is 2.46. The van der Waals surface area contributed by atoms with E-state index in [9.17, 15) is 14.9 Å². The highest BCUT2D eigenvalue weighted by molar-refractivity contribution is 6.07. The van der Waals surface area contributed by atoms with Gasteiger partial charge < -0.3 is 5.32 Å². The molecule has 6 heteroatoms.